The van der Waals surface area contributed by atoms with E-state index in [0.717, 1.165) is 5.56 Å². The third-order valence-corrected chi connectivity index (χ3v) is 5.74. The van der Waals surface area contributed by atoms with E-state index in [9.17, 15) is 9.59 Å². The second-order valence-electron chi connectivity index (χ2n) is 7.60. The number of halogens is 1. The topological polar surface area (TPSA) is 71.0 Å². The largest absolute Gasteiger partial charge is 0.497 e. The van der Waals surface area contributed by atoms with E-state index in [0.29, 0.717) is 39.8 Å². The van der Waals surface area contributed by atoms with Crippen molar-refractivity contribution in [2.75, 3.05) is 23.9 Å². The van der Waals surface area contributed by atoms with Gasteiger partial charge in [0, 0.05) is 27.9 Å². The maximum Gasteiger partial charge on any atom is 0.249 e. The number of nitrogens with zero attached hydrogens (tertiary/aromatic N) is 2. The number of benzodiazepines with no additional fused rings is 1. The Hall–Kier alpha value is -3.64. The van der Waals surface area contributed by atoms with Crippen LogP contribution < -0.4 is 15.0 Å². The van der Waals surface area contributed by atoms with Crippen LogP contribution in [-0.4, -0.2) is 37.2 Å². The van der Waals surface area contributed by atoms with Crippen molar-refractivity contribution < 1.29 is 14.3 Å². The Balaban J connectivity index is 1.73. The SMILES string of the molecule is CC[C@H](C(=O)Nc1cccc(OC)c1)N1C(=O)CN=C(c2ccccc2)c2cc(Cl)ccc21. The number of amides is 2. The molecule has 0 unspecified atom stereocenters. The van der Waals surface area contributed by atoms with E-state index in [1.54, 1.807) is 54.5 Å². The highest BCUT2D eigenvalue weighted by Gasteiger charge is 2.34. The lowest BCUT2D eigenvalue weighted by Gasteiger charge is -2.30. The summed E-state index contributed by atoms with van der Waals surface area (Å²) < 4.78 is 5.24. The molecule has 0 bridgehead atoms. The van der Waals surface area contributed by atoms with Crippen LogP contribution in [0.3, 0.4) is 0 Å². The number of anilines is 2. The lowest BCUT2D eigenvalue weighted by Crippen LogP contribution is -2.48. The molecule has 1 atom stereocenters. The summed E-state index contributed by atoms with van der Waals surface area (Å²) in [5.41, 5.74) is 3.47. The first-order valence-corrected chi connectivity index (χ1v) is 11.1. The molecular weight excluding hydrogens is 438 g/mol. The number of nitrogens with one attached hydrogen (secondary N) is 1. The van der Waals surface area contributed by atoms with Crippen LogP contribution in [0.2, 0.25) is 5.02 Å². The van der Waals surface area contributed by atoms with E-state index in [1.165, 1.54) is 0 Å². The van der Waals surface area contributed by atoms with Gasteiger partial charge >= 0.3 is 0 Å². The van der Waals surface area contributed by atoms with Crippen LogP contribution in [0.15, 0.2) is 77.8 Å². The van der Waals surface area contributed by atoms with Crippen molar-refractivity contribution in [3.8, 4) is 5.75 Å². The van der Waals surface area contributed by atoms with E-state index in [2.05, 4.69) is 10.3 Å². The third-order valence-electron chi connectivity index (χ3n) is 5.50. The lowest BCUT2D eigenvalue weighted by atomic mass is 9.99. The fourth-order valence-corrected chi connectivity index (χ4v) is 4.12. The smallest absolute Gasteiger partial charge is 0.249 e. The molecule has 0 radical (unpaired) electrons. The number of methoxy groups -OCH3 is 1. The normalized spacial score (nSPS) is 14.1. The molecule has 33 heavy (non-hydrogen) atoms. The van der Waals surface area contributed by atoms with Gasteiger partial charge in [-0.25, -0.2) is 0 Å². The van der Waals surface area contributed by atoms with Crippen molar-refractivity contribution in [2.24, 2.45) is 4.99 Å². The average Bonchev–Trinajstić information content (AvgIpc) is 2.96. The third kappa shape index (κ3) is 4.76. The quantitative estimate of drug-likeness (QED) is 0.564. The molecule has 4 rings (SSSR count). The number of carbonyl (C=O) groups is 2. The van der Waals surface area contributed by atoms with Gasteiger partial charge in [-0.1, -0.05) is 54.9 Å². The summed E-state index contributed by atoms with van der Waals surface area (Å²) in [7, 11) is 1.57. The molecule has 168 valence electrons. The Morgan fingerprint density at radius 2 is 1.91 bits per heavy atom. The Labute approximate surface area is 197 Å². The fourth-order valence-electron chi connectivity index (χ4n) is 3.95. The van der Waals surface area contributed by atoms with Crippen LogP contribution in [0.5, 0.6) is 5.75 Å². The predicted octanol–water partition coefficient (Wildman–Crippen LogP) is 4.95. The van der Waals surface area contributed by atoms with Gasteiger partial charge in [-0.05, 0) is 36.8 Å². The first-order chi connectivity index (χ1) is 16.0. The zero-order valence-electron chi connectivity index (χ0n) is 18.4. The molecule has 0 aliphatic carbocycles. The van der Waals surface area contributed by atoms with Crippen molar-refractivity contribution in [1.82, 2.24) is 0 Å². The van der Waals surface area contributed by atoms with E-state index >= 15 is 0 Å². The summed E-state index contributed by atoms with van der Waals surface area (Å²) in [4.78, 5) is 32.8. The van der Waals surface area contributed by atoms with Gasteiger partial charge in [-0.3, -0.25) is 19.5 Å². The number of carbonyl (C=O) groups excluding carboxylic acids is 2. The molecule has 3 aromatic rings. The lowest BCUT2D eigenvalue weighted by molar-refractivity contribution is -0.123. The maximum atomic E-state index is 13.3. The monoisotopic (exact) mass is 461 g/mol. The minimum atomic E-state index is -0.728. The second-order valence-corrected chi connectivity index (χ2v) is 8.04. The van der Waals surface area contributed by atoms with Crippen LogP contribution in [0.25, 0.3) is 0 Å². The minimum Gasteiger partial charge on any atom is -0.497 e. The van der Waals surface area contributed by atoms with Gasteiger partial charge in [-0.15, -0.1) is 0 Å². The first-order valence-electron chi connectivity index (χ1n) is 10.7. The number of aliphatic imine (C=N–C) groups is 1. The van der Waals surface area contributed by atoms with Crippen LogP contribution in [-0.2, 0) is 9.59 Å². The van der Waals surface area contributed by atoms with Crippen molar-refractivity contribution in [3.05, 3.63) is 88.9 Å². The van der Waals surface area contributed by atoms with Gasteiger partial charge < -0.3 is 10.1 Å². The van der Waals surface area contributed by atoms with Gasteiger partial charge in [0.05, 0.1) is 18.5 Å². The fraction of sp³-hybridized carbons (Fsp3) is 0.192. The maximum absolute atomic E-state index is 13.3. The zero-order chi connectivity index (χ0) is 23.4. The van der Waals surface area contributed by atoms with Crippen molar-refractivity contribution in [3.63, 3.8) is 0 Å². The number of rotatable bonds is 6. The first kappa shape index (κ1) is 22.6. The van der Waals surface area contributed by atoms with Crippen molar-refractivity contribution in [2.45, 2.75) is 19.4 Å². The number of hydrogen-bond acceptors (Lipinski definition) is 4. The Kier molecular flexibility index (Phi) is 6.75. The van der Waals surface area contributed by atoms with E-state index in [1.807, 2.05) is 37.3 Å². The number of ether oxygens (including phenoxy) is 1. The van der Waals surface area contributed by atoms with Gasteiger partial charge in [0.15, 0.2) is 0 Å². The molecule has 3 aromatic carbocycles. The Bertz CT molecular complexity index is 1210. The molecule has 1 N–H and O–H groups in total. The molecule has 1 heterocycles. The minimum absolute atomic E-state index is 0.0700. The van der Waals surface area contributed by atoms with Crippen LogP contribution in [0.1, 0.15) is 24.5 Å². The molecule has 6 nitrogen and oxygen atoms in total. The van der Waals surface area contributed by atoms with E-state index in [-0.39, 0.29) is 18.4 Å². The average molecular weight is 462 g/mol. The number of fused-ring (bicyclic) bond motifs is 1. The molecule has 7 heteroatoms. The highest BCUT2D eigenvalue weighted by atomic mass is 35.5. The standard InChI is InChI=1S/C26H24ClN3O3/c1-3-22(26(32)29-19-10-7-11-20(15-19)33-2)30-23-13-12-18(27)14-21(23)25(28-16-24(30)31)17-8-5-4-6-9-17/h4-15,22H,3,16H2,1-2H3,(H,29,32)/t22-/m1/s1. The van der Waals surface area contributed by atoms with Gasteiger partial charge in [0.2, 0.25) is 11.8 Å². The summed E-state index contributed by atoms with van der Waals surface area (Å²) in [6.07, 6.45) is 0.421. The number of benzene rings is 3. The van der Waals surface area contributed by atoms with Crippen molar-refractivity contribution >= 4 is 40.5 Å². The zero-order valence-corrected chi connectivity index (χ0v) is 19.2. The van der Waals surface area contributed by atoms with E-state index < -0.39 is 6.04 Å². The molecular formula is C26H24ClN3O3. The number of hydrogen-bond donors (Lipinski definition) is 1. The molecule has 0 saturated heterocycles. The van der Waals surface area contributed by atoms with Crippen molar-refractivity contribution in [1.29, 1.82) is 0 Å². The van der Waals surface area contributed by atoms with Gasteiger partial charge in [-0.2, -0.15) is 0 Å². The Morgan fingerprint density at radius 3 is 2.64 bits per heavy atom. The van der Waals surface area contributed by atoms with Crippen LogP contribution >= 0.6 is 11.6 Å². The summed E-state index contributed by atoms with van der Waals surface area (Å²) in [5.74, 6) is 0.0906. The van der Waals surface area contributed by atoms with Gasteiger partial charge in [0.1, 0.15) is 18.3 Å². The second kappa shape index (κ2) is 9.88. The highest BCUT2D eigenvalue weighted by molar-refractivity contribution is 6.32. The summed E-state index contributed by atoms with van der Waals surface area (Å²) in [6, 6.07) is 21.3. The predicted molar refractivity (Wildman–Crippen MR) is 132 cm³/mol. The summed E-state index contributed by atoms with van der Waals surface area (Å²) in [5, 5.41) is 3.44. The summed E-state index contributed by atoms with van der Waals surface area (Å²) in [6.45, 7) is 1.81. The highest BCUT2D eigenvalue weighted by Crippen LogP contribution is 2.32. The van der Waals surface area contributed by atoms with Gasteiger partial charge in [0.25, 0.3) is 0 Å². The molecule has 0 aromatic heterocycles. The molecule has 2 amide bonds. The summed E-state index contributed by atoms with van der Waals surface area (Å²) >= 11 is 6.33. The van der Waals surface area contributed by atoms with Crippen LogP contribution in [0.4, 0.5) is 11.4 Å². The Morgan fingerprint density at radius 1 is 1.12 bits per heavy atom. The van der Waals surface area contributed by atoms with Crippen LogP contribution in [0, 0.1) is 0 Å². The molecule has 0 fully saturated rings. The molecule has 1 aliphatic rings. The molecule has 1 aliphatic heterocycles. The van der Waals surface area contributed by atoms with E-state index in [4.69, 9.17) is 16.3 Å². The molecule has 0 saturated carbocycles. The molecule has 0 spiro atoms.